The topological polar surface area (TPSA) is 124 Å². The molecule has 1 aliphatic heterocycles. The number of carbonyl (C=O) groups excluding carboxylic acids is 2. The standard InChI is InChI=1S/C20H38N3O5/c1-11(2)9-15(23-17(24)12(3)4)20(26,19(8)10-27-19)28-14(7)16(21)18(25)22-13(5)6/h11-16,21,26H,9-10H2,1-8H3,(H,22,25)(H,23,24)/t14?,15-,16-,19+,20+/m0/s1. The molecule has 5 atom stereocenters. The molecule has 8 nitrogen and oxygen atoms in total. The molecule has 1 saturated heterocycles. The highest BCUT2D eigenvalue weighted by atomic mass is 16.7. The van der Waals surface area contributed by atoms with Crippen LogP contribution in [0.2, 0.25) is 0 Å². The molecule has 1 heterocycles. The fraction of sp³-hybridized carbons (Fsp3) is 0.900. The number of hydrogen-bond acceptors (Lipinski definition) is 5. The van der Waals surface area contributed by atoms with Gasteiger partial charge in [0.15, 0.2) is 0 Å². The zero-order chi connectivity index (χ0) is 21.9. The number of aliphatic hydroxyl groups is 1. The first-order valence-electron chi connectivity index (χ1n) is 10.1. The molecule has 1 fully saturated rings. The lowest BCUT2D eigenvalue weighted by molar-refractivity contribution is -0.278. The van der Waals surface area contributed by atoms with Crippen molar-refractivity contribution in [3.8, 4) is 0 Å². The smallest absolute Gasteiger partial charge is 0.241 e. The van der Waals surface area contributed by atoms with Gasteiger partial charge in [0, 0.05) is 12.0 Å². The maximum Gasteiger partial charge on any atom is 0.241 e. The van der Waals surface area contributed by atoms with E-state index >= 15 is 0 Å². The molecule has 0 aromatic heterocycles. The van der Waals surface area contributed by atoms with E-state index in [1.165, 1.54) is 0 Å². The van der Waals surface area contributed by atoms with Crippen molar-refractivity contribution in [2.75, 3.05) is 6.61 Å². The summed E-state index contributed by atoms with van der Waals surface area (Å²) in [6.45, 7) is 14.7. The Kier molecular flexibility index (Phi) is 8.44. The largest absolute Gasteiger partial charge is 0.364 e. The van der Waals surface area contributed by atoms with Crippen LogP contribution >= 0.6 is 0 Å². The Morgan fingerprint density at radius 2 is 1.68 bits per heavy atom. The van der Waals surface area contributed by atoms with Crippen LogP contribution in [0.15, 0.2) is 0 Å². The summed E-state index contributed by atoms with van der Waals surface area (Å²) in [5.74, 6) is -2.63. The summed E-state index contributed by atoms with van der Waals surface area (Å²) in [5, 5.41) is 17.1. The van der Waals surface area contributed by atoms with Gasteiger partial charge in [-0.05, 0) is 40.0 Å². The van der Waals surface area contributed by atoms with Crippen LogP contribution in [-0.2, 0) is 19.1 Å². The predicted octanol–water partition coefficient (Wildman–Crippen LogP) is 1.23. The van der Waals surface area contributed by atoms with Gasteiger partial charge in [0.2, 0.25) is 17.6 Å². The van der Waals surface area contributed by atoms with Crippen LogP contribution in [0.3, 0.4) is 0 Å². The van der Waals surface area contributed by atoms with E-state index in [9.17, 15) is 14.7 Å². The average molecular weight is 401 g/mol. The zero-order valence-corrected chi connectivity index (χ0v) is 18.5. The Morgan fingerprint density at radius 3 is 2.07 bits per heavy atom. The Labute approximate surface area is 168 Å². The van der Waals surface area contributed by atoms with E-state index in [2.05, 4.69) is 10.6 Å². The fourth-order valence-electron chi connectivity index (χ4n) is 2.96. The van der Waals surface area contributed by atoms with Crippen LogP contribution in [0.4, 0.5) is 0 Å². The minimum Gasteiger partial charge on any atom is -0.364 e. The molecule has 0 aliphatic carbocycles. The van der Waals surface area contributed by atoms with Crippen molar-refractivity contribution in [2.45, 2.75) is 97.4 Å². The van der Waals surface area contributed by atoms with Crippen molar-refractivity contribution in [1.82, 2.24) is 16.4 Å². The van der Waals surface area contributed by atoms with Crippen molar-refractivity contribution in [1.29, 1.82) is 0 Å². The van der Waals surface area contributed by atoms with Gasteiger partial charge in [0.1, 0.15) is 11.6 Å². The molecular weight excluding hydrogens is 362 g/mol. The van der Waals surface area contributed by atoms with Gasteiger partial charge in [-0.1, -0.05) is 27.7 Å². The Bertz CT molecular complexity index is 548. The van der Waals surface area contributed by atoms with Crippen LogP contribution in [0.25, 0.3) is 0 Å². The first kappa shape index (κ1) is 24.8. The van der Waals surface area contributed by atoms with Crippen LogP contribution in [0.5, 0.6) is 0 Å². The number of rotatable bonds is 11. The summed E-state index contributed by atoms with van der Waals surface area (Å²) in [6.07, 6.45) is -0.447. The first-order chi connectivity index (χ1) is 12.7. The summed E-state index contributed by atoms with van der Waals surface area (Å²) >= 11 is 0. The van der Waals surface area contributed by atoms with Crippen LogP contribution in [0.1, 0.15) is 61.8 Å². The zero-order valence-electron chi connectivity index (χ0n) is 18.5. The lowest BCUT2D eigenvalue weighted by Gasteiger charge is -2.42. The van der Waals surface area contributed by atoms with E-state index in [-0.39, 0.29) is 30.4 Å². The number of epoxide rings is 1. The van der Waals surface area contributed by atoms with E-state index in [1.54, 1.807) is 27.7 Å². The second-order valence-corrected chi connectivity index (χ2v) is 9.03. The summed E-state index contributed by atoms with van der Waals surface area (Å²) in [4.78, 5) is 24.6. The Hall–Kier alpha value is -1.22. The van der Waals surface area contributed by atoms with Crippen molar-refractivity contribution in [3.05, 3.63) is 0 Å². The third-order valence-electron chi connectivity index (χ3n) is 4.90. The number of hydrogen-bond donors (Lipinski definition) is 3. The summed E-state index contributed by atoms with van der Waals surface area (Å²) in [5.41, 5.74) is 7.18. The van der Waals surface area contributed by atoms with Gasteiger partial charge in [-0.25, -0.2) is 5.73 Å². The highest BCUT2D eigenvalue weighted by Gasteiger charge is 2.64. The van der Waals surface area contributed by atoms with E-state index < -0.39 is 35.5 Å². The molecule has 28 heavy (non-hydrogen) atoms. The molecule has 0 aromatic carbocycles. The van der Waals surface area contributed by atoms with Gasteiger partial charge in [-0.3, -0.25) is 9.59 Å². The second-order valence-electron chi connectivity index (χ2n) is 9.03. The number of nitrogens with one attached hydrogen (secondary N) is 3. The maximum absolute atomic E-state index is 12.4. The molecular formula is C20H38N3O5. The van der Waals surface area contributed by atoms with Gasteiger partial charge >= 0.3 is 0 Å². The molecule has 0 aromatic rings. The van der Waals surface area contributed by atoms with Crippen molar-refractivity contribution >= 4 is 11.8 Å². The lowest BCUT2D eigenvalue weighted by atomic mass is 9.87. The number of amides is 2. The molecule has 2 amide bonds. The monoisotopic (exact) mass is 400 g/mol. The molecule has 1 aliphatic rings. The van der Waals surface area contributed by atoms with Gasteiger partial charge in [0.25, 0.3) is 0 Å². The van der Waals surface area contributed by atoms with Gasteiger partial charge in [-0.15, -0.1) is 0 Å². The minimum absolute atomic E-state index is 0.102. The van der Waals surface area contributed by atoms with E-state index in [4.69, 9.17) is 15.2 Å². The minimum atomic E-state index is -1.86. The highest BCUT2D eigenvalue weighted by molar-refractivity contribution is 5.82. The highest BCUT2D eigenvalue weighted by Crippen LogP contribution is 2.43. The molecule has 163 valence electrons. The van der Waals surface area contributed by atoms with Crippen LogP contribution in [-0.4, -0.2) is 59.1 Å². The third kappa shape index (κ3) is 6.14. The van der Waals surface area contributed by atoms with Crippen LogP contribution < -0.4 is 16.4 Å². The summed E-state index contributed by atoms with van der Waals surface area (Å²) < 4.78 is 11.4. The average Bonchev–Trinajstić information content (AvgIpc) is 3.31. The second kappa shape index (κ2) is 9.52. The molecule has 4 N–H and O–H groups in total. The fourth-order valence-corrected chi connectivity index (χ4v) is 2.96. The van der Waals surface area contributed by atoms with Gasteiger partial charge < -0.3 is 25.2 Å². The summed E-state index contributed by atoms with van der Waals surface area (Å²) in [6, 6.07) is -2.07. The van der Waals surface area contributed by atoms with Crippen molar-refractivity contribution < 1.29 is 24.2 Å². The van der Waals surface area contributed by atoms with Crippen molar-refractivity contribution in [3.63, 3.8) is 0 Å². The molecule has 0 bridgehead atoms. The molecule has 8 heteroatoms. The normalized spacial score (nSPS) is 24.6. The third-order valence-corrected chi connectivity index (χ3v) is 4.90. The predicted molar refractivity (Wildman–Crippen MR) is 106 cm³/mol. The van der Waals surface area contributed by atoms with E-state index in [0.29, 0.717) is 6.42 Å². The summed E-state index contributed by atoms with van der Waals surface area (Å²) in [7, 11) is 0. The van der Waals surface area contributed by atoms with E-state index in [1.807, 2.05) is 27.7 Å². The van der Waals surface area contributed by atoms with Crippen molar-refractivity contribution in [2.24, 2.45) is 11.8 Å². The molecule has 0 spiro atoms. The Morgan fingerprint density at radius 1 is 1.14 bits per heavy atom. The molecule has 1 radical (unpaired) electrons. The SMILES string of the molecule is CC(C)C[C@H](NC(=O)C(C)C)[C@@](O)(OC(C)[C@H]([NH])C(=O)NC(C)C)[C@@]1(C)CO1. The molecule has 1 unspecified atom stereocenters. The van der Waals surface area contributed by atoms with Gasteiger partial charge in [-0.2, -0.15) is 0 Å². The molecule has 1 rings (SSSR count). The quantitative estimate of drug-likeness (QED) is 0.355. The Balaban J connectivity index is 3.10. The number of ether oxygens (including phenoxy) is 2. The first-order valence-corrected chi connectivity index (χ1v) is 10.1. The van der Waals surface area contributed by atoms with Crippen LogP contribution in [0, 0.1) is 11.8 Å². The maximum atomic E-state index is 12.4. The number of carbonyl (C=O) groups is 2. The van der Waals surface area contributed by atoms with E-state index in [0.717, 1.165) is 0 Å². The molecule has 0 saturated carbocycles. The van der Waals surface area contributed by atoms with Gasteiger partial charge in [0.05, 0.1) is 18.8 Å². The lowest BCUT2D eigenvalue weighted by Crippen LogP contribution is -2.64.